The number of rotatable bonds is 4. The van der Waals surface area contributed by atoms with Crippen LogP contribution in [-0.4, -0.2) is 29.6 Å². The van der Waals surface area contributed by atoms with Crippen LogP contribution in [0.25, 0.3) is 0 Å². The first-order valence-corrected chi connectivity index (χ1v) is 5.62. The summed E-state index contributed by atoms with van der Waals surface area (Å²) in [7, 11) is 0. The number of carbonyl (C=O) groups is 2. The molecule has 1 aromatic carbocycles. The molecule has 0 fully saturated rings. The monoisotopic (exact) mass is 272 g/mol. The Labute approximate surface area is 108 Å². The summed E-state index contributed by atoms with van der Waals surface area (Å²) in [5, 5.41) is 12.8. The Balaban J connectivity index is 2.67. The van der Waals surface area contributed by atoms with Crippen molar-refractivity contribution in [2.24, 2.45) is 0 Å². The van der Waals surface area contributed by atoms with Gasteiger partial charge in [-0.05, 0) is 25.5 Å². The van der Waals surface area contributed by atoms with Crippen LogP contribution in [0.2, 0.25) is 0 Å². The summed E-state index contributed by atoms with van der Waals surface area (Å²) < 4.78 is 26.5. The lowest BCUT2D eigenvalue weighted by molar-refractivity contribution is -0.136. The minimum absolute atomic E-state index is 0.148. The van der Waals surface area contributed by atoms with E-state index in [-0.39, 0.29) is 13.0 Å². The SMILES string of the molecule is C[C@H](CCO)NC(=O)C(=O)Nc1c(F)cccc1F. The summed E-state index contributed by atoms with van der Waals surface area (Å²) in [6.45, 7) is 1.44. The zero-order valence-electron chi connectivity index (χ0n) is 10.2. The smallest absolute Gasteiger partial charge is 0.313 e. The van der Waals surface area contributed by atoms with Crippen molar-refractivity contribution in [1.82, 2.24) is 5.32 Å². The zero-order chi connectivity index (χ0) is 14.4. The number of anilines is 1. The first-order chi connectivity index (χ1) is 8.95. The zero-order valence-corrected chi connectivity index (χ0v) is 10.2. The highest BCUT2D eigenvalue weighted by atomic mass is 19.1. The van der Waals surface area contributed by atoms with Gasteiger partial charge in [-0.1, -0.05) is 6.07 Å². The standard InChI is InChI=1S/C12H14F2N2O3/c1-7(5-6-17)15-11(18)12(19)16-10-8(13)3-2-4-9(10)14/h2-4,7,17H,5-6H2,1H3,(H,15,18)(H,16,19)/t7-/m1/s1. The molecule has 0 aromatic heterocycles. The number of halogens is 2. The van der Waals surface area contributed by atoms with Gasteiger partial charge in [0.15, 0.2) is 0 Å². The predicted octanol–water partition coefficient (Wildman–Crippen LogP) is 0.790. The number of carbonyl (C=O) groups excluding carboxylic acids is 2. The van der Waals surface area contributed by atoms with E-state index in [0.717, 1.165) is 18.2 Å². The maximum absolute atomic E-state index is 13.2. The molecule has 0 bridgehead atoms. The molecule has 0 unspecified atom stereocenters. The van der Waals surface area contributed by atoms with Crippen molar-refractivity contribution in [2.45, 2.75) is 19.4 Å². The fourth-order valence-corrected chi connectivity index (χ4v) is 1.34. The number of benzene rings is 1. The van der Waals surface area contributed by atoms with Crippen LogP contribution >= 0.6 is 0 Å². The average molecular weight is 272 g/mol. The van der Waals surface area contributed by atoms with Crippen molar-refractivity contribution in [3.8, 4) is 0 Å². The van der Waals surface area contributed by atoms with Crippen LogP contribution in [0.5, 0.6) is 0 Å². The van der Waals surface area contributed by atoms with Crippen LogP contribution in [0.15, 0.2) is 18.2 Å². The molecule has 1 aromatic rings. The molecule has 0 saturated heterocycles. The van der Waals surface area contributed by atoms with E-state index in [9.17, 15) is 18.4 Å². The third kappa shape index (κ3) is 4.29. The fourth-order valence-electron chi connectivity index (χ4n) is 1.34. The molecule has 0 saturated carbocycles. The molecule has 2 amide bonds. The minimum Gasteiger partial charge on any atom is -0.396 e. The largest absolute Gasteiger partial charge is 0.396 e. The van der Waals surface area contributed by atoms with E-state index in [2.05, 4.69) is 5.32 Å². The Morgan fingerprint density at radius 1 is 1.26 bits per heavy atom. The number of nitrogens with one attached hydrogen (secondary N) is 2. The Morgan fingerprint density at radius 3 is 2.37 bits per heavy atom. The molecule has 1 rings (SSSR count). The molecular weight excluding hydrogens is 258 g/mol. The van der Waals surface area contributed by atoms with E-state index in [0.29, 0.717) is 0 Å². The highest BCUT2D eigenvalue weighted by Gasteiger charge is 2.19. The molecule has 0 spiro atoms. The highest BCUT2D eigenvalue weighted by Crippen LogP contribution is 2.17. The molecule has 0 aliphatic heterocycles. The van der Waals surface area contributed by atoms with Crippen LogP contribution in [0.4, 0.5) is 14.5 Å². The number of para-hydroxylation sites is 1. The quantitative estimate of drug-likeness (QED) is 0.709. The molecule has 3 N–H and O–H groups in total. The van der Waals surface area contributed by atoms with Crippen molar-refractivity contribution in [1.29, 1.82) is 0 Å². The third-order valence-electron chi connectivity index (χ3n) is 2.35. The lowest BCUT2D eigenvalue weighted by Gasteiger charge is -2.12. The second-order valence-electron chi connectivity index (χ2n) is 3.94. The van der Waals surface area contributed by atoms with Crippen molar-refractivity contribution in [3.05, 3.63) is 29.8 Å². The lowest BCUT2D eigenvalue weighted by atomic mass is 10.2. The van der Waals surface area contributed by atoms with Crippen LogP contribution < -0.4 is 10.6 Å². The Hall–Kier alpha value is -2.02. The number of hydrogen-bond donors (Lipinski definition) is 3. The van der Waals surface area contributed by atoms with Crippen LogP contribution in [0, 0.1) is 11.6 Å². The molecule has 0 aliphatic rings. The summed E-state index contributed by atoms with van der Waals surface area (Å²) in [4.78, 5) is 22.8. The van der Waals surface area contributed by atoms with Crippen LogP contribution in [0.3, 0.4) is 0 Å². The average Bonchev–Trinajstić information content (AvgIpc) is 2.34. The van der Waals surface area contributed by atoms with E-state index in [1.807, 2.05) is 5.32 Å². The van der Waals surface area contributed by atoms with E-state index in [1.165, 1.54) is 0 Å². The topological polar surface area (TPSA) is 78.4 Å². The Kier molecular flexibility index (Phi) is 5.37. The lowest BCUT2D eigenvalue weighted by Crippen LogP contribution is -2.41. The van der Waals surface area contributed by atoms with Gasteiger partial charge in [0.1, 0.15) is 17.3 Å². The van der Waals surface area contributed by atoms with Crippen molar-refractivity contribution >= 4 is 17.5 Å². The number of aliphatic hydroxyl groups is 1. The second kappa shape index (κ2) is 6.79. The summed E-state index contributed by atoms with van der Waals surface area (Å²) >= 11 is 0. The van der Waals surface area contributed by atoms with Gasteiger partial charge in [-0.15, -0.1) is 0 Å². The first kappa shape index (κ1) is 15.0. The summed E-state index contributed by atoms with van der Waals surface area (Å²) in [5.41, 5.74) is -0.669. The molecule has 104 valence electrons. The predicted molar refractivity (Wildman–Crippen MR) is 64.3 cm³/mol. The van der Waals surface area contributed by atoms with Gasteiger partial charge in [0, 0.05) is 12.6 Å². The molecule has 5 nitrogen and oxygen atoms in total. The van der Waals surface area contributed by atoms with E-state index in [1.54, 1.807) is 6.92 Å². The number of hydrogen-bond acceptors (Lipinski definition) is 3. The van der Waals surface area contributed by atoms with Crippen LogP contribution in [-0.2, 0) is 9.59 Å². The number of aliphatic hydroxyl groups excluding tert-OH is 1. The minimum atomic E-state index is -1.17. The van der Waals surface area contributed by atoms with Gasteiger partial charge in [-0.2, -0.15) is 0 Å². The summed E-state index contributed by atoms with van der Waals surface area (Å²) in [5.74, 6) is -4.13. The van der Waals surface area contributed by atoms with Crippen molar-refractivity contribution in [2.75, 3.05) is 11.9 Å². The molecule has 0 heterocycles. The van der Waals surface area contributed by atoms with Gasteiger partial charge in [0.2, 0.25) is 0 Å². The Bertz CT molecular complexity index is 460. The Morgan fingerprint density at radius 2 is 1.84 bits per heavy atom. The van der Waals surface area contributed by atoms with Crippen molar-refractivity contribution in [3.63, 3.8) is 0 Å². The number of amides is 2. The third-order valence-corrected chi connectivity index (χ3v) is 2.35. The summed E-state index contributed by atoms with van der Waals surface area (Å²) in [6, 6.07) is 2.65. The molecule has 1 atom stereocenters. The second-order valence-corrected chi connectivity index (χ2v) is 3.94. The van der Waals surface area contributed by atoms with Gasteiger partial charge in [-0.25, -0.2) is 8.78 Å². The molecule has 0 radical (unpaired) electrons. The molecule has 19 heavy (non-hydrogen) atoms. The van der Waals surface area contributed by atoms with Crippen molar-refractivity contribution < 1.29 is 23.5 Å². The van der Waals surface area contributed by atoms with Gasteiger partial charge in [0.05, 0.1) is 0 Å². The fraction of sp³-hybridized carbons (Fsp3) is 0.333. The molecular formula is C12H14F2N2O3. The van der Waals surface area contributed by atoms with Gasteiger partial charge >= 0.3 is 11.8 Å². The maximum Gasteiger partial charge on any atom is 0.313 e. The van der Waals surface area contributed by atoms with E-state index >= 15 is 0 Å². The maximum atomic E-state index is 13.2. The van der Waals surface area contributed by atoms with Gasteiger partial charge in [-0.3, -0.25) is 9.59 Å². The van der Waals surface area contributed by atoms with Gasteiger partial charge in [0.25, 0.3) is 0 Å². The first-order valence-electron chi connectivity index (χ1n) is 5.62. The summed E-state index contributed by atoms with van der Waals surface area (Å²) in [6.07, 6.45) is 0.271. The van der Waals surface area contributed by atoms with E-state index < -0.39 is 35.2 Å². The van der Waals surface area contributed by atoms with E-state index in [4.69, 9.17) is 5.11 Å². The van der Waals surface area contributed by atoms with Crippen LogP contribution in [0.1, 0.15) is 13.3 Å². The highest BCUT2D eigenvalue weighted by molar-refractivity contribution is 6.39. The molecule has 7 heteroatoms. The normalized spacial score (nSPS) is 11.8. The molecule has 0 aliphatic carbocycles. The van der Waals surface area contributed by atoms with Gasteiger partial charge < -0.3 is 15.7 Å².